The number of nitrogens with zero attached hydrogens (tertiary/aromatic N) is 3. The van der Waals surface area contributed by atoms with Gasteiger partial charge in [0.25, 0.3) is 5.91 Å². The minimum absolute atomic E-state index is 0.0614. The van der Waals surface area contributed by atoms with E-state index in [0.29, 0.717) is 28.5 Å². The highest BCUT2D eigenvalue weighted by atomic mass is 32.1. The van der Waals surface area contributed by atoms with Crippen molar-refractivity contribution in [3.8, 4) is 5.75 Å². The van der Waals surface area contributed by atoms with Crippen molar-refractivity contribution in [2.75, 3.05) is 6.61 Å². The number of aromatic nitrogens is 2. The Morgan fingerprint density at radius 1 is 1.24 bits per heavy atom. The minimum atomic E-state index is -0.767. The molecule has 1 N–H and O–H groups in total. The van der Waals surface area contributed by atoms with E-state index in [9.17, 15) is 14.7 Å². The monoisotopic (exact) mass is 477 g/mol. The van der Waals surface area contributed by atoms with Gasteiger partial charge in [0.05, 0.1) is 33.8 Å². The maximum absolute atomic E-state index is 13.6. The highest BCUT2D eigenvalue weighted by Crippen LogP contribution is 2.41. The fourth-order valence-electron chi connectivity index (χ4n) is 4.06. The van der Waals surface area contributed by atoms with Crippen molar-refractivity contribution in [3.63, 3.8) is 0 Å². The molecule has 2 aromatic heterocycles. The van der Waals surface area contributed by atoms with Gasteiger partial charge in [-0.15, -0.1) is 11.3 Å². The number of rotatable bonds is 9. The fourth-order valence-corrected chi connectivity index (χ4v) is 4.93. The van der Waals surface area contributed by atoms with E-state index in [4.69, 9.17) is 4.74 Å². The summed E-state index contributed by atoms with van der Waals surface area (Å²) in [6, 6.07) is 10.2. The number of aliphatic hydroxyl groups is 1. The lowest BCUT2D eigenvalue weighted by atomic mass is 9.94. The molecule has 0 bridgehead atoms. The summed E-state index contributed by atoms with van der Waals surface area (Å²) in [5.74, 6) is -0.845. The summed E-state index contributed by atoms with van der Waals surface area (Å²) in [5, 5.41) is 11.7. The Morgan fingerprint density at radius 3 is 2.74 bits per heavy atom. The first kappa shape index (κ1) is 23.6. The van der Waals surface area contributed by atoms with E-state index in [0.717, 1.165) is 23.4 Å². The van der Waals surface area contributed by atoms with E-state index in [1.807, 2.05) is 37.3 Å². The van der Waals surface area contributed by atoms with Crippen molar-refractivity contribution >= 4 is 23.0 Å². The van der Waals surface area contributed by atoms with Gasteiger partial charge in [0.1, 0.15) is 5.75 Å². The highest BCUT2D eigenvalue weighted by molar-refractivity contribution is 7.14. The zero-order valence-electron chi connectivity index (χ0n) is 19.4. The SMILES string of the molecule is CCCCOc1cccc(C2C(C(=O)c3sc(C)nc3C)=C(O)C(=O)N2Cc2cccnc2)c1. The van der Waals surface area contributed by atoms with E-state index in [2.05, 4.69) is 16.9 Å². The van der Waals surface area contributed by atoms with Crippen molar-refractivity contribution in [1.82, 2.24) is 14.9 Å². The molecule has 0 radical (unpaired) electrons. The van der Waals surface area contributed by atoms with Crippen molar-refractivity contribution in [2.24, 2.45) is 0 Å². The molecule has 0 aliphatic carbocycles. The van der Waals surface area contributed by atoms with Crippen molar-refractivity contribution in [1.29, 1.82) is 0 Å². The summed E-state index contributed by atoms with van der Waals surface area (Å²) >= 11 is 1.26. The summed E-state index contributed by atoms with van der Waals surface area (Å²) in [5.41, 5.74) is 2.13. The molecule has 1 aliphatic rings. The number of Topliss-reactive ketones (excluding diaryl/α,β-unsaturated/α-hetero) is 1. The van der Waals surface area contributed by atoms with E-state index in [1.54, 1.807) is 25.4 Å². The van der Waals surface area contributed by atoms with Crippen LogP contribution in [0.2, 0.25) is 0 Å². The maximum Gasteiger partial charge on any atom is 0.290 e. The second-order valence-corrected chi connectivity index (χ2v) is 9.41. The van der Waals surface area contributed by atoms with Crippen LogP contribution in [0.4, 0.5) is 0 Å². The summed E-state index contributed by atoms with van der Waals surface area (Å²) in [6.07, 6.45) is 5.26. The molecule has 3 aromatic rings. The normalized spacial score (nSPS) is 15.8. The van der Waals surface area contributed by atoms with E-state index < -0.39 is 17.7 Å². The second-order valence-electron chi connectivity index (χ2n) is 8.21. The molecule has 8 heteroatoms. The largest absolute Gasteiger partial charge is 0.503 e. The molecule has 1 aromatic carbocycles. The molecule has 4 rings (SSSR count). The van der Waals surface area contributed by atoms with Crippen molar-refractivity contribution < 1.29 is 19.4 Å². The number of ketones is 1. The number of pyridine rings is 1. The third kappa shape index (κ3) is 4.72. The first-order valence-electron chi connectivity index (χ1n) is 11.2. The molecular formula is C26H27N3O4S. The number of aryl methyl sites for hydroxylation is 2. The molecule has 1 unspecified atom stereocenters. The van der Waals surface area contributed by atoms with Crippen LogP contribution in [-0.4, -0.2) is 38.3 Å². The third-order valence-electron chi connectivity index (χ3n) is 5.67. The average Bonchev–Trinajstić information content (AvgIpc) is 3.30. The lowest BCUT2D eigenvalue weighted by molar-refractivity contribution is -0.130. The van der Waals surface area contributed by atoms with Crippen LogP contribution in [0.5, 0.6) is 5.75 Å². The van der Waals surface area contributed by atoms with Gasteiger partial charge >= 0.3 is 0 Å². The molecule has 0 fully saturated rings. The number of unbranched alkanes of at least 4 members (excludes halogenated alkanes) is 1. The predicted octanol–water partition coefficient (Wildman–Crippen LogP) is 5.11. The Balaban J connectivity index is 1.77. The lowest BCUT2D eigenvalue weighted by Crippen LogP contribution is -2.30. The van der Waals surface area contributed by atoms with Crippen LogP contribution in [0.15, 0.2) is 60.1 Å². The topological polar surface area (TPSA) is 92.6 Å². The molecule has 1 aliphatic heterocycles. The van der Waals surface area contributed by atoms with E-state index in [-0.39, 0.29) is 17.9 Å². The van der Waals surface area contributed by atoms with Gasteiger partial charge in [0, 0.05) is 18.9 Å². The maximum atomic E-state index is 13.6. The van der Waals surface area contributed by atoms with Gasteiger partial charge in [-0.3, -0.25) is 14.6 Å². The number of hydrogen-bond donors (Lipinski definition) is 1. The summed E-state index contributed by atoms with van der Waals surface area (Å²) < 4.78 is 5.87. The lowest BCUT2D eigenvalue weighted by Gasteiger charge is -2.27. The van der Waals surface area contributed by atoms with Gasteiger partial charge in [-0.2, -0.15) is 0 Å². The van der Waals surface area contributed by atoms with Gasteiger partial charge in [-0.25, -0.2) is 4.98 Å². The van der Waals surface area contributed by atoms with E-state index in [1.165, 1.54) is 16.2 Å². The number of ether oxygens (including phenoxy) is 1. The second kappa shape index (κ2) is 10.2. The van der Waals surface area contributed by atoms with Crippen LogP contribution < -0.4 is 4.74 Å². The summed E-state index contributed by atoms with van der Waals surface area (Å²) in [6.45, 7) is 6.45. The fraction of sp³-hybridized carbons (Fsp3) is 0.308. The zero-order chi connectivity index (χ0) is 24.2. The minimum Gasteiger partial charge on any atom is -0.503 e. The first-order valence-corrected chi connectivity index (χ1v) is 12.1. The molecule has 0 saturated heterocycles. The van der Waals surface area contributed by atoms with Crippen LogP contribution in [0.1, 0.15) is 57.3 Å². The average molecular weight is 478 g/mol. The smallest absolute Gasteiger partial charge is 0.290 e. The predicted molar refractivity (Wildman–Crippen MR) is 130 cm³/mol. The van der Waals surface area contributed by atoms with Gasteiger partial charge in [-0.05, 0) is 49.6 Å². The number of carbonyl (C=O) groups is 2. The number of aliphatic hydroxyl groups excluding tert-OH is 1. The quantitative estimate of drug-likeness (QED) is 0.340. The number of thiazole rings is 1. The van der Waals surface area contributed by atoms with Crippen LogP contribution in [-0.2, 0) is 11.3 Å². The number of benzene rings is 1. The van der Waals surface area contributed by atoms with Gasteiger partial charge in [0.2, 0.25) is 5.78 Å². The Kier molecular flexibility index (Phi) is 7.07. The molecule has 7 nitrogen and oxygen atoms in total. The van der Waals surface area contributed by atoms with Gasteiger partial charge < -0.3 is 14.7 Å². The molecule has 1 amide bonds. The Hall–Kier alpha value is -3.52. The molecule has 3 heterocycles. The molecule has 34 heavy (non-hydrogen) atoms. The highest BCUT2D eigenvalue weighted by Gasteiger charge is 2.44. The van der Waals surface area contributed by atoms with Crippen LogP contribution in [0, 0.1) is 13.8 Å². The van der Waals surface area contributed by atoms with E-state index >= 15 is 0 Å². The number of hydrogen-bond acceptors (Lipinski definition) is 7. The van der Waals surface area contributed by atoms with Crippen molar-refractivity contribution in [2.45, 2.75) is 46.2 Å². The van der Waals surface area contributed by atoms with Gasteiger partial charge in [-0.1, -0.05) is 31.5 Å². The molecular weight excluding hydrogens is 450 g/mol. The Morgan fingerprint density at radius 2 is 2.06 bits per heavy atom. The Labute approximate surface area is 202 Å². The molecule has 176 valence electrons. The standard InChI is InChI=1S/C26H27N3O4S/c1-4-5-12-33-20-10-6-9-19(13-20)22-21(23(30)25-16(2)28-17(3)34-25)24(31)26(32)29(22)15-18-8-7-11-27-14-18/h6-11,13-14,22,31H,4-5,12,15H2,1-3H3. The first-order chi connectivity index (χ1) is 16.4. The summed E-state index contributed by atoms with van der Waals surface area (Å²) in [4.78, 5) is 37.3. The third-order valence-corrected chi connectivity index (χ3v) is 6.75. The number of amides is 1. The number of carbonyl (C=O) groups excluding carboxylic acids is 2. The summed E-state index contributed by atoms with van der Waals surface area (Å²) in [7, 11) is 0. The van der Waals surface area contributed by atoms with Crippen LogP contribution in [0.3, 0.4) is 0 Å². The molecule has 1 atom stereocenters. The van der Waals surface area contributed by atoms with Crippen LogP contribution >= 0.6 is 11.3 Å². The molecule has 0 saturated carbocycles. The Bertz CT molecular complexity index is 1240. The van der Waals surface area contributed by atoms with Gasteiger partial charge in [0.15, 0.2) is 5.76 Å². The molecule has 0 spiro atoms. The van der Waals surface area contributed by atoms with Crippen molar-refractivity contribution in [3.05, 3.63) is 86.8 Å². The van der Waals surface area contributed by atoms with Crippen LogP contribution in [0.25, 0.3) is 0 Å². The zero-order valence-corrected chi connectivity index (χ0v) is 20.3.